The van der Waals surface area contributed by atoms with E-state index in [-0.39, 0.29) is 11.8 Å². The lowest BCUT2D eigenvalue weighted by atomic mass is 9.66. The van der Waals surface area contributed by atoms with Gasteiger partial charge in [-0.05, 0) is 49.8 Å². The topological polar surface area (TPSA) is 77.9 Å². The summed E-state index contributed by atoms with van der Waals surface area (Å²) in [6.45, 7) is 6.59. The molecule has 2 unspecified atom stereocenters. The standard InChI is InChI=1S/C24H29ClN2O4/c1-3-15-9-10-18(25)16-11-14-27(21(20(15)16)26-13-6-8-19(26)28)22(29)17-7-4-5-12-24(17,2)23(30)31/h3,9-10,17,21H,1,4-8,11-14H2,2H3,(H,30,31)/t17?,21?,24-/m0/s1. The van der Waals surface area contributed by atoms with Crippen molar-refractivity contribution in [1.82, 2.24) is 9.80 Å². The lowest BCUT2D eigenvalue weighted by molar-refractivity contribution is -0.165. The van der Waals surface area contributed by atoms with Crippen molar-refractivity contribution in [2.45, 2.75) is 58.0 Å². The number of amides is 2. The SMILES string of the molecule is C=Cc1ccc(Cl)c2c1C(N1CCCC1=O)N(C(=O)C1CCCC[C@]1(C)C(=O)O)CC2. The number of likely N-dealkylation sites (tertiary alicyclic amines) is 1. The number of carboxylic acids is 1. The number of rotatable bonds is 4. The molecule has 0 radical (unpaired) electrons. The van der Waals surface area contributed by atoms with Gasteiger partial charge in [-0.2, -0.15) is 0 Å². The number of fused-ring (bicyclic) bond motifs is 1. The molecule has 0 bridgehead atoms. The first kappa shape index (κ1) is 21.9. The molecule has 2 fully saturated rings. The molecule has 2 heterocycles. The van der Waals surface area contributed by atoms with Gasteiger partial charge in [0.15, 0.2) is 0 Å². The van der Waals surface area contributed by atoms with Gasteiger partial charge < -0.3 is 14.9 Å². The van der Waals surface area contributed by atoms with Gasteiger partial charge >= 0.3 is 5.97 Å². The number of halogens is 1. The summed E-state index contributed by atoms with van der Waals surface area (Å²) >= 11 is 6.52. The fourth-order valence-corrected chi connectivity index (χ4v) is 5.83. The second-order valence-corrected chi connectivity index (χ2v) is 9.51. The van der Waals surface area contributed by atoms with Crippen LogP contribution >= 0.6 is 11.6 Å². The molecule has 7 heteroatoms. The quantitative estimate of drug-likeness (QED) is 0.752. The predicted octanol–water partition coefficient (Wildman–Crippen LogP) is 4.27. The number of carboxylic acid groups (broad SMARTS) is 1. The number of hydrogen-bond acceptors (Lipinski definition) is 3. The Morgan fingerprint density at radius 3 is 2.65 bits per heavy atom. The van der Waals surface area contributed by atoms with E-state index in [9.17, 15) is 19.5 Å². The molecule has 6 nitrogen and oxygen atoms in total. The van der Waals surface area contributed by atoms with E-state index in [2.05, 4.69) is 6.58 Å². The average molecular weight is 445 g/mol. The summed E-state index contributed by atoms with van der Waals surface area (Å²) < 4.78 is 0. The fourth-order valence-electron chi connectivity index (χ4n) is 5.57. The van der Waals surface area contributed by atoms with Crippen LogP contribution in [0.1, 0.15) is 68.3 Å². The molecule has 1 saturated carbocycles. The van der Waals surface area contributed by atoms with Gasteiger partial charge in [0.25, 0.3) is 0 Å². The Kier molecular flexibility index (Phi) is 5.86. The molecule has 0 spiro atoms. The highest BCUT2D eigenvalue weighted by Crippen LogP contribution is 2.46. The van der Waals surface area contributed by atoms with E-state index in [1.54, 1.807) is 22.8 Å². The van der Waals surface area contributed by atoms with Crippen molar-refractivity contribution < 1.29 is 19.5 Å². The largest absolute Gasteiger partial charge is 0.481 e. The number of nitrogens with zero attached hydrogens (tertiary/aromatic N) is 2. The third-order valence-corrected chi connectivity index (χ3v) is 7.75. The minimum absolute atomic E-state index is 0.00952. The molecule has 4 rings (SSSR count). The molecule has 1 aromatic rings. The second-order valence-electron chi connectivity index (χ2n) is 9.10. The fraction of sp³-hybridized carbons (Fsp3) is 0.542. The lowest BCUT2D eigenvalue weighted by Gasteiger charge is -2.47. The minimum atomic E-state index is -1.09. The van der Waals surface area contributed by atoms with Crippen LogP contribution < -0.4 is 0 Å². The van der Waals surface area contributed by atoms with Gasteiger partial charge in [-0.25, -0.2) is 0 Å². The molecule has 1 N–H and O–H groups in total. The number of benzene rings is 1. The maximum absolute atomic E-state index is 13.9. The summed E-state index contributed by atoms with van der Waals surface area (Å²) in [4.78, 5) is 42.3. The second kappa shape index (κ2) is 8.30. The molecule has 1 aromatic carbocycles. The van der Waals surface area contributed by atoms with Crippen molar-refractivity contribution in [3.63, 3.8) is 0 Å². The predicted molar refractivity (Wildman–Crippen MR) is 118 cm³/mol. The first-order chi connectivity index (χ1) is 14.8. The monoisotopic (exact) mass is 444 g/mol. The van der Waals surface area contributed by atoms with E-state index >= 15 is 0 Å². The van der Waals surface area contributed by atoms with Crippen LogP contribution in [0.15, 0.2) is 18.7 Å². The molecule has 1 saturated heterocycles. The minimum Gasteiger partial charge on any atom is -0.481 e. The van der Waals surface area contributed by atoms with Gasteiger partial charge in [0, 0.05) is 30.1 Å². The van der Waals surface area contributed by atoms with E-state index < -0.39 is 23.5 Å². The van der Waals surface area contributed by atoms with E-state index in [4.69, 9.17) is 11.6 Å². The Balaban J connectivity index is 1.81. The van der Waals surface area contributed by atoms with Crippen molar-refractivity contribution in [3.8, 4) is 0 Å². The van der Waals surface area contributed by atoms with Gasteiger partial charge in [-0.1, -0.05) is 43.2 Å². The molecule has 31 heavy (non-hydrogen) atoms. The summed E-state index contributed by atoms with van der Waals surface area (Å²) in [6.07, 6.45) is 5.60. The number of aliphatic carboxylic acids is 1. The Bertz CT molecular complexity index is 946. The number of hydrogen-bond donors (Lipinski definition) is 1. The summed E-state index contributed by atoms with van der Waals surface area (Å²) in [5, 5.41) is 10.6. The zero-order valence-electron chi connectivity index (χ0n) is 17.9. The average Bonchev–Trinajstić information content (AvgIpc) is 3.18. The third-order valence-electron chi connectivity index (χ3n) is 7.39. The third kappa shape index (κ3) is 3.55. The van der Waals surface area contributed by atoms with Gasteiger partial charge in [0.05, 0.1) is 11.3 Å². The number of carbonyl (C=O) groups excluding carboxylic acids is 2. The highest BCUT2D eigenvalue weighted by atomic mass is 35.5. The Morgan fingerprint density at radius 1 is 1.23 bits per heavy atom. The summed E-state index contributed by atoms with van der Waals surface area (Å²) in [5.41, 5.74) is 1.55. The summed E-state index contributed by atoms with van der Waals surface area (Å²) in [7, 11) is 0. The van der Waals surface area contributed by atoms with E-state index in [0.717, 1.165) is 36.0 Å². The van der Waals surface area contributed by atoms with Crippen molar-refractivity contribution in [2.24, 2.45) is 11.3 Å². The van der Waals surface area contributed by atoms with Gasteiger partial charge in [0.2, 0.25) is 11.8 Å². The lowest BCUT2D eigenvalue weighted by Crippen LogP contribution is -2.54. The van der Waals surface area contributed by atoms with Crippen LogP contribution in [0, 0.1) is 11.3 Å². The van der Waals surface area contributed by atoms with Gasteiger partial charge in [0.1, 0.15) is 6.17 Å². The molecule has 3 aliphatic rings. The molecule has 2 amide bonds. The summed E-state index contributed by atoms with van der Waals surface area (Å²) in [5.74, 6) is -1.69. The molecule has 0 aromatic heterocycles. The van der Waals surface area contributed by atoms with Crippen LogP contribution in [0.2, 0.25) is 5.02 Å². The van der Waals surface area contributed by atoms with Crippen LogP contribution in [-0.4, -0.2) is 45.8 Å². The highest BCUT2D eigenvalue weighted by Gasteiger charge is 2.50. The summed E-state index contributed by atoms with van der Waals surface area (Å²) in [6, 6.07) is 3.71. The molecular weight excluding hydrogens is 416 g/mol. The van der Waals surface area contributed by atoms with Crippen LogP contribution in [0.4, 0.5) is 0 Å². The van der Waals surface area contributed by atoms with Crippen molar-refractivity contribution in [2.75, 3.05) is 13.1 Å². The first-order valence-corrected chi connectivity index (χ1v) is 11.4. The Labute approximate surface area is 187 Å². The Hall–Kier alpha value is -2.34. The Morgan fingerprint density at radius 2 is 2.00 bits per heavy atom. The highest BCUT2D eigenvalue weighted by molar-refractivity contribution is 6.31. The van der Waals surface area contributed by atoms with Crippen molar-refractivity contribution in [3.05, 3.63) is 40.4 Å². The zero-order chi connectivity index (χ0) is 22.3. The molecule has 166 valence electrons. The smallest absolute Gasteiger partial charge is 0.310 e. The maximum Gasteiger partial charge on any atom is 0.310 e. The van der Waals surface area contributed by atoms with Gasteiger partial charge in [-0.15, -0.1) is 0 Å². The number of carbonyl (C=O) groups is 3. The van der Waals surface area contributed by atoms with E-state index in [0.29, 0.717) is 43.8 Å². The molecule has 2 aliphatic heterocycles. The maximum atomic E-state index is 13.9. The van der Waals surface area contributed by atoms with Crippen molar-refractivity contribution in [1.29, 1.82) is 0 Å². The van der Waals surface area contributed by atoms with Crippen LogP contribution in [0.5, 0.6) is 0 Å². The first-order valence-electron chi connectivity index (χ1n) is 11.1. The van der Waals surface area contributed by atoms with E-state index in [1.807, 2.05) is 12.1 Å². The normalized spacial score (nSPS) is 28.4. The molecule has 3 atom stereocenters. The molecule has 1 aliphatic carbocycles. The van der Waals surface area contributed by atoms with Crippen LogP contribution in [0.3, 0.4) is 0 Å². The van der Waals surface area contributed by atoms with E-state index in [1.165, 1.54) is 0 Å². The zero-order valence-corrected chi connectivity index (χ0v) is 18.7. The van der Waals surface area contributed by atoms with Crippen LogP contribution in [0.25, 0.3) is 6.08 Å². The van der Waals surface area contributed by atoms with Gasteiger partial charge in [-0.3, -0.25) is 14.4 Å². The van der Waals surface area contributed by atoms with Crippen molar-refractivity contribution >= 4 is 35.5 Å². The molecular formula is C24H29ClN2O4. The van der Waals surface area contributed by atoms with Crippen LogP contribution in [-0.2, 0) is 20.8 Å².